The molecule has 1 atom stereocenters. The molecule has 4 nitrogen and oxygen atoms in total. The van der Waals surface area contributed by atoms with Crippen LogP contribution >= 0.6 is 11.6 Å². The SMILES string of the molecule is Fc1cccc(Cl)c1-c1nc(C2CCCCCN2)no1. The van der Waals surface area contributed by atoms with E-state index in [4.69, 9.17) is 16.1 Å². The van der Waals surface area contributed by atoms with Gasteiger partial charge in [0.05, 0.1) is 16.6 Å². The summed E-state index contributed by atoms with van der Waals surface area (Å²) in [6.45, 7) is 0.939. The van der Waals surface area contributed by atoms with Crippen molar-refractivity contribution in [1.82, 2.24) is 15.5 Å². The molecule has 1 unspecified atom stereocenters. The minimum absolute atomic E-state index is 0.0700. The summed E-state index contributed by atoms with van der Waals surface area (Å²) in [4.78, 5) is 4.30. The van der Waals surface area contributed by atoms with Gasteiger partial charge in [-0.2, -0.15) is 4.98 Å². The van der Waals surface area contributed by atoms with E-state index < -0.39 is 5.82 Å². The molecule has 1 saturated heterocycles. The van der Waals surface area contributed by atoms with E-state index in [2.05, 4.69) is 15.5 Å². The summed E-state index contributed by atoms with van der Waals surface area (Å²) in [7, 11) is 0. The van der Waals surface area contributed by atoms with Gasteiger partial charge in [0, 0.05) is 0 Å². The van der Waals surface area contributed by atoms with Gasteiger partial charge in [-0.05, 0) is 31.5 Å². The molecule has 0 spiro atoms. The zero-order chi connectivity index (χ0) is 13.9. The first-order chi connectivity index (χ1) is 9.75. The maximum atomic E-state index is 13.8. The summed E-state index contributed by atoms with van der Waals surface area (Å²) in [6.07, 6.45) is 4.44. The lowest BCUT2D eigenvalue weighted by Gasteiger charge is -2.09. The van der Waals surface area contributed by atoms with Crippen LogP contribution in [-0.4, -0.2) is 16.7 Å². The summed E-state index contributed by atoms with van der Waals surface area (Å²) in [6, 6.07) is 4.55. The largest absolute Gasteiger partial charge is 0.334 e. The number of nitrogens with one attached hydrogen (secondary N) is 1. The zero-order valence-corrected chi connectivity index (χ0v) is 11.7. The predicted octanol–water partition coefficient (Wildman–Crippen LogP) is 3.73. The Bertz CT molecular complexity index is 574. The Morgan fingerprint density at radius 3 is 3.05 bits per heavy atom. The highest BCUT2D eigenvalue weighted by molar-refractivity contribution is 6.33. The molecule has 0 aliphatic carbocycles. The molecule has 0 bridgehead atoms. The fourth-order valence-electron chi connectivity index (χ4n) is 2.43. The minimum Gasteiger partial charge on any atom is -0.334 e. The quantitative estimate of drug-likeness (QED) is 0.917. The van der Waals surface area contributed by atoms with Gasteiger partial charge < -0.3 is 9.84 Å². The van der Waals surface area contributed by atoms with Gasteiger partial charge in [0.15, 0.2) is 5.82 Å². The first-order valence-corrected chi connectivity index (χ1v) is 7.15. The summed E-state index contributed by atoms with van der Waals surface area (Å²) >= 11 is 6.00. The van der Waals surface area contributed by atoms with Crippen molar-refractivity contribution < 1.29 is 8.91 Å². The molecule has 20 heavy (non-hydrogen) atoms. The monoisotopic (exact) mass is 295 g/mol. The van der Waals surface area contributed by atoms with Crippen molar-refractivity contribution in [3.63, 3.8) is 0 Å². The topological polar surface area (TPSA) is 51.0 Å². The number of hydrogen-bond donors (Lipinski definition) is 1. The van der Waals surface area contributed by atoms with E-state index in [1.165, 1.54) is 12.5 Å². The Morgan fingerprint density at radius 2 is 2.20 bits per heavy atom. The molecule has 2 aromatic rings. The maximum absolute atomic E-state index is 13.8. The second-order valence-electron chi connectivity index (χ2n) is 4.91. The highest BCUT2D eigenvalue weighted by Gasteiger charge is 2.22. The Labute approximate surface area is 121 Å². The van der Waals surface area contributed by atoms with Crippen LogP contribution < -0.4 is 5.32 Å². The Balaban J connectivity index is 1.90. The van der Waals surface area contributed by atoms with E-state index in [-0.39, 0.29) is 22.5 Å². The molecular weight excluding hydrogens is 281 g/mol. The van der Waals surface area contributed by atoms with Crippen LogP contribution in [-0.2, 0) is 0 Å². The molecule has 1 N–H and O–H groups in total. The van der Waals surface area contributed by atoms with Crippen LogP contribution in [0.5, 0.6) is 0 Å². The van der Waals surface area contributed by atoms with Crippen LogP contribution in [0.1, 0.15) is 37.5 Å². The molecule has 1 aliphatic rings. The minimum atomic E-state index is -0.457. The summed E-state index contributed by atoms with van der Waals surface area (Å²) < 4.78 is 19.0. The van der Waals surface area contributed by atoms with Gasteiger partial charge in [0.25, 0.3) is 5.89 Å². The average Bonchev–Trinajstić information content (AvgIpc) is 2.74. The molecule has 3 rings (SSSR count). The highest BCUT2D eigenvalue weighted by Crippen LogP contribution is 2.30. The van der Waals surface area contributed by atoms with Crippen molar-refractivity contribution in [1.29, 1.82) is 0 Å². The molecule has 1 aromatic heterocycles. The van der Waals surface area contributed by atoms with E-state index in [9.17, 15) is 4.39 Å². The number of aromatic nitrogens is 2. The summed E-state index contributed by atoms with van der Waals surface area (Å²) in [5, 5.41) is 7.62. The first-order valence-electron chi connectivity index (χ1n) is 6.77. The maximum Gasteiger partial charge on any atom is 0.262 e. The van der Waals surface area contributed by atoms with Crippen molar-refractivity contribution in [2.24, 2.45) is 0 Å². The van der Waals surface area contributed by atoms with Gasteiger partial charge in [-0.25, -0.2) is 4.39 Å². The standard InChI is InChI=1S/C14H15ClFN3O/c15-9-5-4-6-10(16)12(9)14-18-13(19-20-14)11-7-2-1-3-8-17-11/h4-6,11,17H,1-3,7-8H2. The predicted molar refractivity (Wildman–Crippen MR) is 73.9 cm³/mol. The van der Waals surface area contributed by atoms with Crippen molar-refractivity contribution in [3.05, 3.63) is 34.9 Å². The fourth-order valence-corrected chi connectivity index (χ4v) is 2.67. The Hall–Kier alpha value is -1.46. The lowest BCUT2D eigenvalue weighted by molar-refractivity contribution is 0.401. The fraction of sp³-hybridized carbons (Fsp3) is 0.429. The van der Waals surface area contributed by atoms with Gasteiger partial charge in [0.1, 0.15) is 5.82 Å². The molecule has 1 aromatic carbocycles. The van der Waals surface area contributed by atoms with E-state index in [1.54, 1.807) is 12.1 Å². The van der Waals surface area contributed by atoms with Crippen LogP contribution in [0.15, 0.2) is 22.7 Å². The zero-order valence-electron chi connectivity index (χ0n) is 10.9. The molecule has 1 fully saturated rings. The smallest absolute Gasteiger partial charge is 0.262 e. The third-order valence-corrected chi connectivity index (χ3v) is 3.81. The summed E-state index contributed by atoms with van der Waals surface area (Å²) in [5.41, 5.74) is 0.168. The number of hydrogen-bond acceptors (Lipinski definition) is 4. The van der Waals surface area contributed by atoms with Crippen LogP contribution in [0.3, 0.4) is 0 Å². The third kappa shape index (κ3) is 2.69. The van der Waals surface area contributed by atoms with Gasteiger partial charge in [-0.15, -0.1) is 0 Å². The van der Waals surface area contributed by atoms with E-state index in [0.29, 0.717) is 5.82 Å². The van der Waals surface area contributed by atoms with Gasteiger partial charge in [-0.3, -0.25) is 0 Å². The summed E-state index contributed by atoms with van der Waals surface area (Å²) in [5.74, 6) is 0.247. The molecule has 0 saturated carbocycles. The lowest BCUT2D eigenvalue weighted by atomic mass is 10.1. The van der Waals surface area contributed by atoms with Crippen LogP contribution in [0.25, 0.3) is 11.5 Å². The second-order valence-corrected chi connectivity index (χ2v) is 5.32. The lowest BCUT2D eigenvalue weighted by Crippen LogP contribution is -2.21. The van der Waals surface area contributed by atoms with E-state index >= 15 is 0 Å². The van der Waals surface area contributed by atoms with Gasteiger partial charge in [-0.1, -0.05) is 35.7 Å². The normalized spacial score (nSPS) is 19.8. The number of halogens is 2. The highest BCUT2D eigenvalue weighted by atomic mass is 35.5. The van der Waals surface area contributed by atoms with E-state index in [0.717, 1.165) is 25.8 Å². The number of rotatable bonds is 2. The van der Waals surface area contributed by atoms with Crippen molar-refractivity contribution >= 4 is 11.6 Å². The van der Waals surface area contributed by atoms with Crippen LogP contribution in [0.2, 0.25) is 5.02 Å². The molecule has 2 heterocycles. The van der Waals surface area contributed by atoms with Gasteiger partial charge >= 0.3 is 0 Å². The molecule has 106 valence electrons. The number of nitrogens with zero attached hydrogens (tertiary/aromatic N) is 2. The first kappa shape index (κ1) is 13.5. The van der Waals surface area contributed by atoms with E-state index in [1.807, 2.05) is 0 Å². The van der Waals surface area contributed by atoms with Crippen LogP contribution in [0.4, 0.5) is 4.39 Å². The number of benzene rings is 1. The van der Waals surface area contributed by atoms with Crippen molar-refractivity contribution in [2.45, 2.75) is 31.7 Å². The Kier molecular flexibility index (Phi) is 3.98. The molecule has 0 radical (unpaired) electrons. The molecule has 1 aliphatic heterocycles. The van der Waals surface area contributed by atoms with Crippen LogP contribution in [0, 0.1) is 5.82 Å². The van der Waals surface area contributed by atoms with Gasteiger partial charge in [0.2, 0.25) is 0 Å². The average molecular weight is 296 g/mol. The Morgan fingerprint density at radius 1 is 1.30 bits per heavy atom. The van der Waals surface area contributed by atoms with Crippen molar-refractivity contribution in [2.75, 3.05) is 6.54 Å². The molecule has 6 heteroatoms. The van der Waals surface area contributed by atoms with Crippen molar-refractivity contribution in [3.8, 4) is 11.5 Å². The third-order valence-electron chi connectivity index (χ3n) is 3.49. The molecular formula is C14H15ClFN3O. The second kappa shape index (κ2) is 5.89. The molecule has 0 amide bonds.